The van der Waals surface area contributed by atoms with Crippen molar-refractivity contribution in [1.82, 2.24) is 10.6 Å². The number of carbonyl (C=O) groups is 3. The van der Waals surface area contributed by atoms with Crippen molar-refractivity contribution in [3.63, 3.8) is 0 Å². The maximum absolute atomic E-state index is 11.8. The van der Waals surface area contributed by atoms with Crippen LogP contribution >= 0.6 is 11.8 Å². The highest BCUT2D eigenvalue weighted by atomic mass is 32.2. The molecule has 0 aliphatic heterocycles. The minimum Gasteiger partial charge on any atom is -0.480 e. The Bertz CT molecular complexity index is 378. The molecule has 1 aliphatic rings. The summed E-state index contributed by atoms with van der Waals surface area (Å²) >= 11 is 1.78. The van der Waals surface area contributed by atoms with Gasteiger partial charge in [-0.15, -0.1) is 0 Å². The zero-order valence-electron chi connectivity index (χ0n) is 11.4. The van der Waals surface area contributed by atoms with E-state index in [9.17, 15) is 14.4 Å². The highest BCUT2D eigenvalue weighted by Gasteiger charge is 2.26. The molecule has 1 saturated carbocycles. The Balaban J connectivity index is 2.44. The van der Waals surface area contributed by atoms with E-state index in [1.165, 1.54) is 0 Å². The predicted molar refractivity (Wildman–Crippen MR) is 76.5 cm³/mol. The van der Waals surface area contributed by atoms with Gasteiger partial charge in [0.15, 0.2) is 0 Å². The van der Waals surface area contributed by atoms with Crippen LogP contribution in [0.25, 0.3) is 0 Å². The first kappa shape index (κ1) is 16.6. The van der Waals surface area contributed by atoms with Crippen LogP contribution < -0.4 is 16.4 Å². The smallest absolute Gasteiger partial charge is 0.326 e. The molecule has 0 saturated heterocycles. The van der Waals surface area contributed by atoms with Gasteiger partial charge in [0.1, 0.15) is 6.04 Å². The van der Waals surface area contributed by atoms with Crippen LogP contribution in [-0.2, 0) is 9.59 Å². The summed E-state index contributed by atoms with van der Waals surface area (Å²) < 4.78 is 0. The summed E-state index contributed by atoms with van der Waals surface area (Å²) in [5.41, 5.74) is 4.95. The molecular weight excluding hydrogens is 282 g/mol. The number of carboxylic acids is 1. The van der Waals surface area contributed by atoms with Gasteiger partial charge in [-0.3, -0.25) is 4.79 Å². The molecule has 0 radical (unpaired) electrons. The molecule has 2 unspecified atom stereocenters. The summed E-state index contributed by atoms with van der Waals surface area (Å²) in [7, 11) is 0. The van der Waals surface area contributed by atoms with Gasteiger partial charge in [0.2, 0.25) is 5.91 Å². The third-order valence-electron chi connectivity index (χ3n) is 3.30. The molecule has 0 spiro atoms. The van der Waals surface area contributed by atoms with E-state index in [1.54, 1.807) is 11.8 Å². The SMILES string of the molecule is CSC1CCCC(NC(=O)N[C@@H](CC(N)=O)C(=O)O)C1. The average molecular weight is 303 g/mol. The van der Waals surface area contributed by atoms with Gasteiger partial charge in [-0.2, -0.15) is 11.8 Å². The Hall–Kier alpha value is -1.44. The summed E-state index contributed by atoms with van der Waals surface area (Å²) in [6.07, 6.45) is 5.57. The Kier molecular flexibility index (Phi) is 6.63. The highest BCUT2D eigenvalue weighted by Crippen LogP contribution is 2.26. The van der Waals surface area contributed by atoms with Gasteiger partial charge in [0.25, 0.3) is 0 Å². The van der Waals surface area contributed by atoms with Gasteiger partial charge in [0.05, 0.1) is 6.42 Å². The largest absolute Gasteiger partial charge is 0.480 e. The van der Waals surface area contributed by atoms with E-state index in [2.05, 4.69) is 10.6 Å². The van der Waals surface area contributed by atoms with Crippen molar-refractivity contribution in [3.8, 4) is 0 Å². The second kappa shape index (κ2) is 7.98. The molecule has 114 valence electrons. The number of primary amides is 1. The van der Waals surface area contributed by atoms with Crippen LogP contribution in [0.2, 0.25) is 0 Å². The minimum atomic E-state index is -1.28. The van der Waals surface area contributed by atoms with Crippen molar-refractivity contribution in [1.29, 1.82) is 0 Å². The van der Waals surface area contributed by atoms with Crippen LogP contribution in [0, 0.1) is 0 Å². The Morgan fingerprint density at radius 1 is 1.40 bits per heavy atom. The third-order valence-corrected chi connectivity index (χ3v) is 4.40. The number of aliphatic carboxylic acids is 1. The first-order chi connectivity index (χ1) is 9.42. The van der Waals surface area contributed by atoms with Gasteiger partial charge in [-0.25, -0.2) is 9.59 Å². The Labute approximate surface area is 122 Å². The van der Waals surface area contributed by atoms with E-state index in [0.29, 0.717) is 5.25 Å². The molecule has 0 heterocycles. The first-order valence-corrected chi connectivity index (χ1v) is 7.82. The maximum Gasteiger partial charge on any atom is 0.326 e. The van der Waals surface area contributed by atoms with E-state index in [-0.39, 0.29) is 6.04 Å². The molecule has 0 aromatic heterocycles. The summed E-state index contributed by atoms with van der Waals surface area (Å²) in [4.78, 5) is 33.4. The monoisotopic (exact) mass is 303 g/mol. The number of thioether (sulfide) groups is 1. The average Bonchev–Trinajstić information content (AvgIpc) is 2.37. The first-order valence-electron chi connectivity index (χ1n) is 6.53. The van der Waals surface area contributed by atoms with Crippen LogP contribution in [0.1, 0.15) is 32.1 Å². The fourth-order valence-electron chi connectivity index (χ4n) is 2.28. The van der Waals surface area contributed by atoms with Crippen molar-refractivity contribution in [2.45, 2.75) is 49.4 Å². The molecule has 20 heavy (non-hydrogen) atoms. The van der Waals surface area contributed by atoms with Crippen LogP contribution in [0.3, 0.4) is 0 Å². The molecule has 8 heteroatoms. The van der Waals surface area contributed by atoms with Crippen molar-refractivity contribution in [2.75, 3.05) is 6.26 Å². The van der Waals surface area contributed by atoms with E-state index < -0.39 is 30.4 Å². The lowest BCUT2D eigenvalue weighted by molar-refractivity contribution is -0.140. The molecule has 3 atom stereocenters. The number of hydrogen-bond donors (Lipinski definition) is 4. The highest BCUT2D eigenvalue weighted by molar-refractivity contribution is 7.99. The van der Waals surface area contributed by atoms with Gasteiger partial charge < -0.3 is 21.5 Å². The molecule has 1 fully saturated rings. The third kappa shape index (κ3) is 5.68. The molecule has 7 nitrogen and oxygen atoms in total. The van der Waals surface area contributed by atoms with Crippen LogP contribution in [0.4, 0.5) is 4.79 Å². The summed E-state index contributed by atoms with van der Waals surface area (Å²) in [6.45, 7) is 0. The van der Waals surface area contributed by atoms with Crippen LogP contribution in [0.15, 0.2) is 0 Å². The quantitative estimate of drug-likeness (QED) is 0.562. The van der Waals surface area contributed by atoms with Gasteiger partial charge in [-0.05, 0) is 25.5 Å². The normalized spacial score (nSPS) is 23.6. The Morgan fingerprint density at radius 2 is 2.10 bits per heavy atom. The fraction of sp³-hybridized carbons (Fsp3) is 0.750. The molecule has 1 rings (SSSR count). The molecular formula is C12H21N3O4S. The lowest BCUT2D eigenvalue weighted by Crippen LogP contribution is -2.51. The van der Waals surface area contributed by atoms with Crippen LogP contribution in [-0.4, -0.2) is 46.6 Å². The number of rotatable bonds is 6. The maximum atomic E-state index is 11.8. The fourth-order valence-corrected chi connectivity index (χ4v) is 3.10. The van der Waals surface area contributed by atoms with Crippen LogP contribution in [0.5, 0.6) is 0 Å². The van der Waals surface area contributed by atoms with E-state index >= 15 is 0 Å². The lowest BCUT2D eigenvalue weighted by Gasteiger charge is -2.29. The second-order valence-electron chi connectivity index (χ2n) is 4.90. The molecule has 0 aromatic carbocycles. The molecule has 0 bridgehead atoms. The Morgan fingerprint density at radius 3 is 2.65 bits per heavy atom. The summed E-state index contributed by atoms with van der Waals surface area (Å²) in [5, 5.41) is 14.5. The number of nitrogens with two attached hydrogens (primary N) is 1. The topological polar surface area (TPSA) is 122 Å². The van der Waals surface area contributed by atoms with Gasteiger partial charge in [-0.1, -0.05) is 6.42 Å². The number of carboxylic acid groups (broad SMARTS) is 1. The lowest BCUT2D eigenvalue weighted by atomic mass is 9.95. The van der Waals surface area contributed by atoms with E-state index in [4.69, 9.17) is 10.8 Å². The number of hydrogen-bond acceptors (Lipinski definition) is 4. The molecule has 3 amide bonds. The van der Waals surface area contributed by atoms with Crippen molar-refractivity contribution >= 4 is 29.7 Å². The van der Waals surface area contributed by atoms with Crippen molar-refractivity contribution in [2.24, 2.45) is 5.73 Å². The summed E-state index contributed by atoms with van der Waals surface area (Å²) in [5.74, 6) is -2.04. The second-order valence-corrected chi connectivity index (χ2v) is 6.04. The van der Waals surface area contributed by atoms with E-state index in [1.807, 2.05) is 6.26 Å². The molecule has 1 aliphatic carbocycles. The zero-order valence-corrected chi connectivity index (χ0v) is 12.2. The van der Waals surface area contributed by atoms with Crippen molar-refractivity contribution < 1.29 is 19.5 Å². The van der Waals surface area contributed by atoms with Gasteiger partial charge >= 0.3 is 12.0 Å². The minimum absolute atomic E-state index is 0.0456. The number of carbonyl (C=O) groups excluding carboxylic acids is 2. The number of urea groups is 1. The predicted octanol–water partition coefficient (Wildman–Crippen LogP) is 0.288. The zero-order chi connectivity index (χ0) is 15.1. The number of amides is 3. The summed E-state index contributed by atoms with van der Waals surface area (Å²) in [6, 6.07) is -1.80. The van der Waals surface area contributed by atoms with Gasteiger partial charge in [0, 0.05) is 11.3 Å². The van der Waals surface area contributed by atoms with E-state index in [0.717, 1.165) is 25.7 Å². The number of nitrogens with one attached hydrogen (secondary N) is 2. The standard InChI is InChI=1S/C12H21N3O4S/c1-20-8-4-2-3-7(5-8)14-12(19)15-9(11(17)18)6-10(13)16/h7-9H,2-6H2,1H3,(H2,13,16)(H,17,18)(H2,14,15,19)/t7?,8?,9-/m0/s1. The molecule has 0 aromatic rings. The van der Waals surface area contributed by atoms with Crippen molar-refractivity contribution in [3.05, 3.63) is 0 Å². The molecule has 5 N–H and O–H groups in total.